The number of hydrogen-bond donors (Lipinski definition) is 0. The van der Waals surface area contributed by atoms with Crippen molar-refractivity contribution in [2.75, 3.05) is 33.0 Å². The molecule has 1 aliphatic rings. The first-order chi connectivity index (χ1) is 16.9. The molecule has 0 aliphatic carbocycles. The highest BCUT2D eigenvalue weighted by atomic mass is 32.1. The van der Waals surface area contributed by atoms with E-state index in [0.29, 0.717) is 5.92 Å². The summed E-state index contributed by atoms with van der Waals surface area (Å²) in [6, 6.07) is 0. The Hall–Kier alpha value is -0.490. The second kappa shape index (κ2) is 21.8. The molecule has 1 aromatic heterocycles. The van der Waals surface area contributed by atoms with Gasteiger partial charge in [0, 0.05) is 25.6 Å². The summed E-state index contributed by atoms with van der Waals surface area (Å²) in [5.41, 5.74) is 2.18. The van der Waals surface area contributed by atoms with Gasteiger partial charge in [-0.25, -0.2) is 0 Å². The monoisotopic (exact) mass is 496 g/mol. The molecular weight excluding hydrogens is 442 g/mol. The zero-order valence-electron chi connectivity index (χ0n) is 22.2. The molecule has 5 heteroatoms. The Morgan fingerprint density at radius 2 is 1.35 bits per heavy atom. The van der Waals surface area contributed by atoms with Crippen molar-refractivity contribution in [1.29, 1.82) is 0 Å². The predicted octanol–water partition coefficient (Wildman–Crippen LogP) is 7.74. The molecular formula is C29H54NO3S+. The first-order valence-electron chi connectivity index (χ1n) is 14.6. The van der Waals surface area contributed by atoms with Crippen LogP contribution in [-0.4, -0.2) is 39.1 Å². The van der Waals surface area contributed by atoms with E-state index in [1.807, 2.05) is 0 Å². The van der Waals surface area contributed by atoms with Crippen LogP contribution in [0, 0.1) is 5.92 Å². The highest BCUT2D eigenvalue weighted by Gasteiger charge is 2.25. The van der Waals surface area contributed by atoms with E-state index in [4.69, 9.17) is 14.2 Å². The van der Waals surface area contributed by atoms with Crippen LogP contribution in [0.4, 0.5) is 0 Å². The lowest BCUT2D eigenvalue weighted by Crippen LogP contribution is -2.29. The molecule has 2 heterocycles. The lowest BCUT2D eigenvalue weighted by atomic mass is 10.1. The Labute approximate surface area is 214 Å². The third-order valence-electron chi connectivity index (χ3n) is 6.95. The van der Waals surface area contributed by atoms with Gasteiger partial charge in [-0.2, -0.15) is 4.57 Å². The van der Waals surface area contributed by atoms with Gasteiger partial charge in [0.2, 0.25) is 5.51 Å². The van der Waals surface area contributed by atoms with Gasteiger partial charge in [0.15, 0.2) is 6.20 Å². The number of hydrogen-bond acceptors (Lipinski definition) is 4. The zero-order valence-corrected chi connectivity index (χ0v) is 23.0. The smallest absolute Gasteiger partial charge is 0.224 e. The van der Waals surface area contributed by atoms with E-state index in [9.17, 15) is 0 Å². The van der Waals surface area contributed by atoms with Gasteiger partial charge < -0.3 is 14.2 Å². The minimum absolute atomic E-state index is 0.273. The van der Waals surface area contributed by atoms with E-state index in [1.54, 1.807) is 11.3 Å². The molecule has 1 fully saturated rings. The largest absolute Gasteiger partial charge is 0.381 e. The highest BCUT2D eigenvalue weighted by Crippen LogP contribution is 2.20. The van der Waals surface area contributed by atoms with Crippen molar-refractivity contribution in [2.24, 2.45) is 5.92 Å². The molecule has 1 aromatic rings. The third kappa shape index (κ3) is 16.2. The standard InChI is InChI=1S/C29H54NO3S/c1-2-3-4-5-6-7-8-9-10-11-13-16-20-31-24-28-23-29(33-25-28)26-32-21-17-14-12-15-18-30-19-22-34-27-30/h19,22,27-29H,2-18,20-21,23-26H2,1H3/q+1/t28-,29-/m0/s1. The molecule has 1 saturated heterocycles. The Morgan fingerprint density at radius 1 is 0.765 bits per heavy atom. The van der Waals surface area contributed by atoms with Crippen LogP contribution >= 0.6 is 11.3 Å². The van der Waals surface area contributed by atoms with E-state index >= 15 is 0 Å². The molecule has 0 unspecified atom stereocenters. The van der Waals surface area contributed by atoms with Crippen LogP contribution in [0.25, 0.3) is 0 Å². The van der Waals surface area contributed by atoms with Gasteiger partial charge in [-0.05, 0) is 25.7 Å². The number of nitrogens with zero attached hydrogens (tertiary/aromatic N) is 1. The summed E-state index contributed by atoms with van der Waals surface area (Å²) in [5, 5.41) is 2.13. The molecule has 4 nitrogen and oxygen atoms in total. The third-order valence-corrected chi connectivity index (χ3v) is 7.62. The fourth-order valence-corrected chi connectivity index (χ4v) is 5.39. The maximum Gasteiger partial charge on any atom is 0.224 e. The second-order valence-electron chi connectivity index (χ2n) is 10.3. The van der Waals surface area contributed by atoms with E-state index < -0.39 is 0 Å². The summed E-state index contributed by atoms with van der Waals surface area (Å²) in [7, 11) is 0. The van der Waals surface area contributed by atoms with Crippen molar-refractivity contribution < 1.29 is 18.8 Å². The van der Waals surface area contributed by atoms with E-state index in [1.165, 1.54) is 96.3 Å². The lowest BCUT2D eigenvalue weighted by molar-refractivity contribution is -0.692. The average Bonchev–Trinajstić information content (AvgIpc) is 3.53. The number of ether oxygens (including phenoxy) is 3. The Bertz CT molecular complexity index is 539. The molecule has 0 N–H and O–H groups in total. The van der Waals surface area contributed by atoms with Crippen molar-refractivity contribution in [2.45, 2.75) is 129 Å². The lowest BCUT2D eigenvalue weighted by Gasteiger charge is -2.11. The fourth-order valence-electron chi connectivity index (χ4n) is 4.76. The summed E-state index contributed by atoms with van der Waals surface area (Å²) in [6.45, 7) is 7.66. The molecule has 1 aliphatic heterocycles. The quantitative estimate of drug-likeness (QED) is 0.108. The predicted molar refractivity (Wildman–Crippen MR) is 144 cm³/mol. The number of rotatable bonds is 24. The van der Waals surface area contributed by atoms with Crippen LogP contribution in [0.3, 0.4) is 0 Å². The van der Waals surface area contributed by atoms with Gasteiger partial charge >= 0.3 is 0 Å². The van der Waals surface area contributed by atoms with Gasteiger partial charge in [-0.1, -0.05) is 95.3 Å². The summed E-state index contributed by atoms with van der Waals surface area (Å²) in [4.78, 5) is 0. The van der Waals surface area contributed by atoms with Crippen molar-refractivity contribution in [3.05, 3.63) is 17.1 Å². The molecule has 0 spiro atoms. The molecule has 0 amide bonds. The first kappa shape index (κ1) is 29.7. The van der Waals surface area contributed by atoms with Crippen LogP contribution in [0.5, 0.6) is 0 Å². The molecule has 2 rings (SSSR count). The van der Waals surface area contributed by atoms with Gasteiger partial charge in [0.25, 0.3) is 0 Å². The molecule has 198 valence electrons. The van der Waals surface area contributed by atoms with E-state index in [0.717, 1.165) is 52.4 Å². The SMILES string of the molecule is CCCCCCCCCCCCCCOC[C@H]1CO[C@H](COCCCCCC[n+]2ccsc2)C1. The second-order valence-corrected chi connectivity index (χ2v) is 11.0. The summed E-state index contributed by atoms with van der Waals surface area (Å²) < 4.78 is 20.0. The zero-order chi connectivity index (χ0) is 23.9. The van der Waals surface area contributed by atoms with Crippen LogP contribution in [-0.2, 0) is 20.8 Å². The van der Waals surface area contributed by atoms with Crippen molar-refractivity contribution in [3.63, 3.8) is 0 Å². The van der Waals surface area contributed by atoms with Crippen molar-refractivity contribution in [3.8, 4) is 0 Å². The van der Waals surface area contributed by atoms with E-state index in [2.05, 4.69) is 28.6 Å². The van der Waals surface area contributed by atoms with Crippen LogP contribution < -0.4 is 4.57 Å². The van der Waals surface area contributed by atoms with E-state index in [-0.39, 0.29) is 6.10 Å². The summed E-state index contributed by atoms with van der Waals surface area (Å²) in [5.74, 6) is 0.556. The maximum atomic E-state index is 5.94. The van der Waals surface area contributed by atoms with Crippen molar-refractivity contribution in [1.82, 2.24) is 0 Å². The minimum atomic E-state index is 0.273. The molecule has 0 aromatic carbocycles. The van der Waals surface area contributed by atoms with Crippen LogP contribution in [0.1, 0.15) is 116 Å². The maximum absolute atomic E-state index is 5.94. The number of thiazole rings is 1. The Kier molecular flexibility index (Phi) is 19.0. The van der Waals surface area contributed by atoms with Gasteiger partial charge in [-0.15, -0.1) is 0 Å². The average molecular weight is 497 g/mol. The molecule has 0 bridgehead atoms. The molecule has 0 saturated carbocycles. The van der Waals surface area contributed by atoms with Crippen LogP contribution in [0.15, 0.2) is 17.1 Å². The number of aryl methyl sites for hydroxylation is 1. The molecule has 34 heavy (non-hydrogen) atoms. The Morgan fingerprint density at radius 3 is 1.97 bits per heavy atom. The van der Waals surface area contributed by atoms with Gasteiger partial charge in [-0.3, -0.25) is 0 Å². The Balaban J connectivity index is 1.26. The van der Waals surface area contributed by atoms with Crippen LogP contribution in [0.2, 0.25) is 0 Å². The first-order valence-corrected chi connectivity index (χ1v) is 15.5. The highest BCUT2D eigenvalue weighted by molar-refractivity contribution is 7.07. The fraction of sp³-hybridized carbons (Fsp3) is 0.897. The summed E-state index contributed by atoms with van der Waals surface area (Å²) in [6.07, 6.45) is 25.2. The minimum Gasteiger partial charge on any atom is -0.381 e. The number of unbranched alkanes of at least 4 members (excludes halogenated alkanes) is 14. The van der Waals surface area contributed by atoms with Crippen molar-refractivity contribution >= 4 is 11.3 Å². The van der Waals surface area contributed by atoms with Gasteiger partial charge in [0.05, 0.1) is 31.3 Å². The molecule has 2 atom stereocenters. The normalized spacial score (nSPS) is 18.1. The number of aromatic nitrogens is 1. The van der Waals surface area contributed by atoms with Gasteiger partial charge in [0.1, 0.15) is 6.54 Å². The summed E-state index contributed by atoms with van der Waals surface area (Å²) >= 11 is 1.76. The topological polar surface area (TPSA) is 31.6 Å². The molecule has 0 radical (unpaired) electrons.